The molecule has 0 saturated carbocycles. The maximum absolute atomic E-state index is 2.44. The first-order valence-electron chi connectivity index (χ1n) is 7.45. The van der Waals surface area contributed by atoms with E-state index in [4.69, 9.17) is 0 Å². The molecule has 0 amide bonds. The van der Waals surface area contributed by atoms with E-state index in [0.717, 1.165) is 12.3 Å². The van der Waals surface area contributed by atoms with Gasteiger partial charge in [-0.25, -0.2) is 0 Å². The van der Waals surface area contributed by atoms with Crippen molar-refractivity contribution < 1.29 is 0 Å². The Balaban J connectivity index is 1.75. The Bertz CT molecular complexity index is 513. The Hall–Kier alpha value is -1.56. The van der Waals surface area contributed by atoms with Crippen molar-refractivity contribution >= 4 is 5.57 Å². The second-order valence-corrected chi connectivity index (χ2v) is 5.89. The van der Waals surface area contributed by atoms with Gasteiger partial charge in [0.1, 0.15) is 0 Å². The maximum Gasteiger partial charge on any atom is 0.00557 e. The lowest BCUT2D eigenvalue weighted by molar-refractivity contribution is 0.534. The van der Waals surface area contributed by atoms with Crippen molar-refractivity contribution in [2.45, 2.75) is 38.5 Å². The summed E-state index contributed by atoms with van der Waals surface area (Å²) in [5.41, 5.74) is 4.41. The Labute approximate surface area is 116 Å². The first kappa shape index (κ1) is 12.5. The van der Waals surface area contributed by atoms with E-state index in [1.807, 2.05) is 0 Å². The van der Waals surface area contributed by atoms with Crippen LogP contribution in [0.4, 0.5) is 0 Å². The maximum atomic E-state index is 2.44. The minimum Gasteiger partial charge on any atom is -0.0836 e. The molecule has 1 aromatic rings. The van der Waals surface area contributed by atoms with Gasteiger partial charge in [0.2, 0.25) is 0 Å². The number of benzene rings is 1. The van der Waals surface area contributed by atoms with Crippen LogP contribution in [0.5, 0.6) is 0 Å². The first-order valence-corrected chi connectivity index (χ1v) is 7.45. The van der Waals surface area contributed by atoms with Crippen LogP contribution in [0.15, 0.2) is 54.6 Å². The van der Waals surface area contributed by atoms with Gasteiger partial charge in [-0.3, -0.25) is 0 Å². The van der Waals surface area contributed by atoms with E-state index < -0.39 is 0 Å². The van der Waals surface area contributed by atoms with Gasteiger partial charge in [0.15, 0.2) is 0 Å². The van der Waals surface area contributed by atoms with Crippen LogP contribution in [0.1, 0.15) is 49.7 Å². The van der Waals surface area contributed by atoms with E-state index in [1.165, 1.54) is 30.4 Å². The average Bonchev–Trinajstić information content (AvgIpc) is 2.49. The van der Waals surface area contributed by atoms with Crippen LogP contribution in [0.25, 0.3) is 5.57 Å². The number of rotatable bonds is 2. The van der Waals surface area contributed by atoms with Gasteiger partial charge in [-0.15, -0.1) is 0 Å². The quantitative estimate of drug-likeness (QED) is 0.651. The molecule has 1 aromatic carbocycles. The summed E-state index contributed by atoms with van der Waals surface area (Å²) < 4.78 is 0. The molecule has 0 aromatic heterocycles. The fourth-order valence-corrected chi connectivity index (χ4v) is 3.00. The summed E-state index contributed by atoms with van der Waals surface area (Å²) >= 11 is 0. The Kier molecular flexibility index (Phi) is 3.68. The third-order valence-corrected chi connectivity index (χ3v) is 4.36. The van der Waals surface area contributed by atoms with Gasteiger partial charge in [-0.1, -0.05) is 61.6 Å². The summed E-state index contributed by atoms with van der Waals surface area (Å²) in [6.07, 6.45) is 16.2. The van der Waals surface area contributed by atoms with E-state index in [-0.39, 0.29) is 0 Å². The van der Waals surface area contributed by atoms with Crippen molar-refractivity contribution in [3.05, 3.63) is 65.8 Å². The first-order chi connectivity index (χ1) is 9.33. The van der Waals surface area contributed by atoms with Crippen LogP contribution in [-0.4, -0.2) is 0 Å². The molecule has 0 radical (unpaired) electrons. The Morgan fingerprint density at radius 3 is 2.47 bits per heavy atom. The molecule has 0 N–H and O–H groups in total. The Morgan fingerprint density at radius 2 is 1.84 bits per heavy atom. The lowest BCUT2D eigenvalue weighted by Crippen LogP contribution is -2.01. The highest BCUT2D eigenvalue weighted by Crippen LogP contribution is 2.31. The van der Waals surface area contributed by atoms with Crippen molar-refractivity contribution in [2.24, 2.45) is 5.92 Å². The zero-order valence-corrected chi connectivity index (χ0v) is 11.7. The molecule has 0 heteroatoms. The predicted octanol–water partition coefficient (Wildman–Crippen LogP) is 5.49. The third kappa shape index (κ3) is 2.89. The fraction of sp³-hybridized carbons (Fsp3) is 0.368. The molecule has 0 bridgehead atoms. The zero-order chi connectivity index (χ0) is 13.1. The highest BCUT2D eigenvalue weighted by atomic mass is 14.2. The standard InChI is InChI=1S/C19H22/c1-15-7-9-17(10-8-15)19-13-11-18(12-14-19)16-5-3-2-4-6-16/h2-5,9,11-16H,6-8,10H2,1H3. The molecule has 0 spiro atoms. The molecule has 0 nitrogen and oxygen atoms in total. The topological polar surface area (TPSA) is 0 Å². The monoisotopic (exact) mass is 250 g/mol. The lowest BCUT2D eigenvalue weighted by Gasteiger charge is -2.19. The van der Waals surface area contributed by atoms with Gasteiger partial charge in [0, 0.05) is 5.92 Å². The molecular weight excluding hydrogens is 228 g/mol. The molecular formula is C19H22. The van der Waals surface area contributed by atoms with Gasteiger partial charge in [-0.2, -0.15) is 0 Å². The van der Waals surface area contributed by atoms with E-state index in [9.17, 15) is 0 Å². The molecule has 3 rings (SSSR count). The van der Waals surface area contributed by atoms with E-state index in [1.54, 1.807) is 5.57 Å². The number of allylic oxidation sites excluding steroid dienone is 6. The normalized spacial score (nSPS) is 26.3. The molecule has 0 saturated heterocycles. The van der Waals surface area contributed by atoms with Crippen molar-refractivity contribution in [2.75, 3.05) is 0 Å². The molecule has 2 aliphatic rings. The highest BCUT2D eigenvalue weighted by Gasteiger charge is 2.12. The summed E-state index contributed by atoms with van der Waals surface area (Å²) in [5, 5.41) is 0. The van der Waals surface area contributed by atoms with E-state index in [2.05, 4.69) is 61.6 Å². The minimum atomic E-state index is 0.569. The van der Waals surface area contributed by atoms with Gasteiger partial charge in [0.05, 0.1) is 0 Å². The fourth-order valence-electron chi connectivity index (χ4n) is 3.00. The van der Waals surface area contributed by atoms with Crippen LogP contribution in [0.2, 0.25) is 0 Å². The summed E-state index contributed by atoms with van der Waals surface area (Å²) in [6.45, 7) is 2.35. The molecule has 19 heavy (non-hydrogen) atoms. The smallest absolute Gasteiger partial charge is 0.00557 e. The average molecular weight is 250 g/mol. The van der Waals surface area contributed by atoms with Crippen LogP contribution in [0, 0.1) is 5.92 Å². The number of hydrogen-bond acceptors (Lipinski definition) is 0. The SMILES string of the molecule is CC1CC=C(c2ccc(C3C=CC=CC3)cc2)CC1. The highest BCUT2D eigenvalue weighted by molar-refractivity contribution is 5.66. The van der Waals surface area contributed by atoms with Crippen molar-refractivity contribution in [1.82, 2.24) is 0 Å². The molecule has 0 fully saturated rings. The zero-order valence-electron chi connectivity index (χ0n) is 11.7. The summed E-state index contributed by atoms with van der Waals surface area (Å²) in [4.78, 5) is 0. The summed E-state index contributed by atoms with van der Waals surface area (Å²) in [6, 6.07) is 9.23. The van der Waals surface area contributed by atoms with Gasteiger partial charge < -0.3 is 0 Å². The second-order valence-electron chi connectivity index (χ2n) is 5.89. The third-order valence-electron chi connectivity index (χ3n) is 4.36. The molecule has 2 atom stereocenters. The minimum absolute atomic E-state index is 0.569. The predicted molar refractivity (Wildman–Crippen MR) is 83.1 cm³/mol. The van der Waals surface area contributed by atoms with Crippen molar-refractivity contribution in [3.8, 4) is 0 Å². The van der Waals surface area contributed by atoms with Crippen LogP contribution >= 0.6 is 0 Å². The van der Waals surface area contributed by atoms with Crippen LogP contribution in [0.3, 0.4) is 0 Å². The van der Waals surface area contributed by atoms with Gasteiger partial charge >= 0.3 is 0 Å². The molecule has 2 unspecified atom stereocenters. The van der Waals surface area contributed by atoms with Gasteiger partial charge in [0.25, 0.3) is 0 Å². The van der Waals surface area contributed by atoms with E-state index in [0.29, 0.717) is 5.92 Å². The van der Waals surface area contributed by atoms with Crippen molar-refractivity contribution in [1.29, 1.82) is 0 Å². The number of hydrogen-bond donors (Lipinski definition) is 0. The van der Waals surface area contributed by atoms with Crippen molar-refractivity contribution in [3.63, 3.8) is 0 Å². The molecule has 0 aliphatic heterocycles. The second kappa shape index (κ2) is 5.61. The molecule has 2 aliphatic carbocycles. The summed E-state index contributed by atoms with van der Waals surface area (Å²) in [5.74, 6) is 1.43. The lowest BCUT2D eigenvalue weighted by atomic mass is 9.86. The Morgan fingerprint density at radius 1 is 1.00 bits per heavy atom. The largest absolute Gasteiger partial charge is 0.0836 e. The summed E-state index contributed by atoms with van der Waals surface area (Å²) in [7, 11) is 0. The van der Waals surface area contributed by atoms with Gasteiger partial charge in [-0.05, 0) is 48.3 Å². The van der Waals surface area contributed by atoms with Crippen LogP contribution in [-0.2, 0) is 0 Å². The molecule has 98 valence electrons. The van der Waals surface area contributed by atoms with E-state index >= 15 is 0 Å². The van der Waals surface area contributed by atoms with Crippen LogP contribution < -0.4 is 0 Å². The molecule has 0 heterocycles.